The first kappa shape index (κ1) is 23.5. The van der Waals surface area contributed by atoms with Crippen LogP contribution in [0.15, 0.2) is 29.6 Å². The van der Waals surface area contributed by atoms with Crippen molar-refractivity contribution < 1.29 is 27.4 Å². The first-order chi connectivity index (χ1) is 15.6. The number of carbonyl (C=O) groups is 1. The minimum absolute atomic E-state index is 0.0746. The lowest BCUT2D eigenvalue weighted by atomic mass is 10.0. The van der Waals surface area contributed by atoms with Crippen LogP contribution >= 0.6 is 34.5 Å². The topological polar surface area (TPSA) is 77.4 Å². The monoisotopic (exact) mass is 520 g/mol. The average molecular weight is 521 g/mol. The highest BCUT2D eigenvalue weighted by Crippen LogP contribution is 2.47. The van der Waals surface area contributed by atoms with Crippen molar-refractivity contribution in [3.05, 3.63) is 50.3 Å². The van der Waals surface area contributed by atoms with Gasteiger partial charge in [0.15, 0.2) is 11.7 Å². The van der Waals surface area contributed by atoms with Crippen LogP contribution in [-0.2, 0) is 0 Å². The van der Waals surface area contributed by atoms with E-state index in [0.717, 1.165) is 9.56 Å². The Balaban J connectivity index is 1.71. The molecule has 1 amide bonds. The highest BCUT2D eigenvalue weighted by molar-refractivity contribution is 7.10. The van der Waals surface area contributed by atoms with Gasteiger partial charge in [0, 0.05) is 23.4 Å². The van der Waals surface area contributed by atoms with Crippen molar-refractivity contribution in [3.63, 3.8) is 0 Å². The van der Waals surface area contributed by atoms with Gasteiger partial charge in [-0.05, 0) is 11.4 Å². The summed E-state index contributed by atoms with van der Waals surface area (Å²) in [6.07, 6.45) is -4.89. The third-order valence-electron chi connectivity index (χ3n) is 5.12. The SMILES string of the molecule is COc1cc(NC(=O)c2nn3c(c2Cl)N[C@@H](c2cccs2)C[C@H]3C(F)(F)F)c(OC)cc1Cl. The number of thiophene rings is 1. The van der Waals surface area contributed by atoms with Crippen LogP contribution in [0, 0.1) is 0 Å². The van der Waals surface area contributed by atoms with Crippen LogP contribution in [0.1, 0.15) is 33.9 Å². The van der Waals surface area contributed by atoms with Crippen molar-refractivity contribution in [2.75, 3.05) is 24.9 Å². The van der Waals surface area contributed by atoms with E-state index in [4.69, 9.17) is 32.7 Å². The van der Waals surface area contributed by atoms with Gasteiger partial charge in [-0.25, -0.2) is 4.68 Å². The van der Waals surface area contributed by atoms with Gasteiger partial charge in [0.2, 0.25) is 0 Å². The summed E-state index contributed by atoms with van der Waals surface area (Å²) in [5.41, 5.74) is -0.182. The molecule has 1 aliphatic rings. The number of hydrogen-bond donors (Lipinski definition) is 2. The summed E-state index contributed by atoms with van der Waals surface area (Å²) in [5.74, 6) is -0.409. The van der Waals surface area contributed by atoms with E-state index in [0.29, 0.717) is 0 Å². The van der Waals surface area contributed by atoms with Crippen molar-refractivity contribution in [1.29, 1.82) is 0 Å². The molecule has 2 aromatic heterocycles. The first-order valence-electron chi connectivity index (χ1n) is 9.51. The fourth-order valence-corrected chi connectivity index (χ4v) is 4.84. The molecule has 0 saturated heterocycles. The number of halogens is 5. The molecule has 3 heterocycles. The summed E-state index contributed by atoms with van der Waals surface area (Å²) in [6.45, 7) is 0. The summed E-state index contributed by atoms with van der Waals surface area (Å²) < 4.78 is 52.7. The predicted octanol–water partition coefficient (Wildman–Crippen LogP) is 6.18. The first-order valence-corrected chi connectivity index (χ1v) is 11.1. The number of alkyl halides is 3. The van der Waals surface area contributed by atoms with Gasteiger partial charge in [-0.1, -0.05) is 29.3 Å². The average Bonchev–Trinajstić information content (AvgIpc) is 3.42. The zero-order valence-electron chi connectivity index (χ0n) is 17.2. The minimum atomic E-state index is -4.60. The molecule has 1 aromatic carbocycles. The second-order valence-corrected chi connectivity index (χ2v) is 8.87. The molecule has 176 valence electrons. The van der Waals surface area contributed by atoms with Gasteiger partial charge < -0.3 is 20.1 Å². The Hall–Kier alpha value is -2.63. The number of carbonyl (C=O) groups excluding carboxylic acids is 1. The number of benzene rings is 1. The highest BCUT2D eigenvalue weighted by atomic mass is 35.5. The van der Waals surface area contributed by atoms with E-state index in [1.807, 2.05) is 0 Å². The number of nitrogens with one attached hydrogen (secondary N) is 2. The molecule has 0 unspecified atom stereocenters. The molecule has 0 bridgehead atoms. The number of rotatable bonds is 5. The molecule has 13 heteroatoms. The molecule has 0 saturated carbocycles. The maximum absolute atomic E-state index is 13.9. The molecule has 0 aliphatic carbocycles. The van der Waals surface area contributed by atoms with Crippen LogP contribution in [0.3, 0.4) is 0 Å². The number of amides is 1. The van der Waals surface area contributed by atoms with E-state index in [2.05, 4.69) is 15.7 Å². The largest absolute Gasteiger partial charge is 0.495 e. The number of anilines is 2. The minimum Gasteiger partial charge on any atom is -0.495 e. The van der Waals surface area contributed by atoms with Crippen molar-refractivity contribution in [1.82, 2.24) is 9.78 Å². The van der Waals surface area contributed by atoms with Gasteiger partial charge in [0.1, 0.15) is 22.3 Å². The second-order valence-electron chi connectivity index (χ2n) is 7.10. The highest BCUT2D eigenvalue weighted by Gasteiger charge is 2.48. The summed E-state index contributed by atoms with van der Waals surface area (Å²) in [6, 6.07) is 3.77. The lowest BCUT2D eigenvalue weighted by Gasteiger charge is -2.32. The summed E-state index contributed by atoms with van der Waals surface area (Å²) >= 11 is 13.8. The maximum atomic E-state index is 13.9. The van der Waals surface area contributed by atoms with E-state index in [1.54, 1.807) is 17.5 Å². The fraction of sp³-hybridized carbons (Fsp3) is 0.300. The molecule has 0 radical (unpaired) electrons. The Bertz CT molecular complexity index is 1180. The van der Waals surface area contributed by atoms with Gasteiger partial charge in [-0.3, -0.25) is 4.79 Å². The molecule has 3 aromatic rings. The number of aromatic nitrogens is 2. The summed E-state index contributed by atoms with van der Waals surface area (Å²) in [4.78, 5) is 13.7. The molecular formula is C20H17Cl2F3N4O3S. The normalized spacial score (nSPS) is 17.8. The Labute approximate surface area is 200 Å². The van der Waals surface area contributed by atoms with E-state index < -0.39 is 24.2 Å². The van der Waals surface area contributed by atoms with Crippen molar-refractivity contribution in [3.8, 4) is 11.5 Å². The number of hydrogen-bond acceptors (Lipinski definition) is 6. The van der Waals surface area contributed by atoms with E-state index in [-0.39, 0.29) is 45.2 Å². The van der Waals surface area contributed by atoms with Gasteiger partial charge in [-0.15, -0.1) is 11.3 Å². The Morgan fingerprint density at radius 1 is 1.27 bits per heavy atom. The Morgan fingerprint density at radius 2 is 2.00 bits per heavy atom. The smallest absolute Gasteiger partial charge is 0.410 e. The third kappa shape index (κ3) is 4.44. The molecule has 7 nitrogen and oxygen atoms in total. The summed E-state index contributed by atoms with van der Waals surface area (Å²) in [5, 5.41) is 11.3. The van der Waals surface area contributed by atoms with Crippen LogP contribution in [0.25, 0.3) is 0 Å². The van der Waals surface area contributed by atoms with Crippen LogP contribution in [0.5, 0.6) is 11.5 Å². The molecule has 1 aliphatic heterocycles. The number of methoxy groups -OCH3 is 2. The van der Waals surface area contributed by atoms with E-state index >= 15 is 0 Å². The molecule has 2 atom stereocenters. The molecule has 2 N–H and O–H groups in total. The lowest BCUT2D eigenvalue weighted by molar-refractivity contribution is -0.173. The molecular weight excluding hydrogens is 504 g/mol. The Morgan fingerprint density at radius 3 is 2.61 bits per heavy atom. The zero-order chi connectivity index (χ0) is 23.9. The molecule has 33 heavy (non-hydrogen) atoms. The van der Waals surface area contributed by atoms with Gasteiger partial charge in [-0.2, -0.15) is 18.3 Å². The van der Waals surface area contributed by atoms with Crippen molar-refractivity contribution >= 4 is 52.0 Å². The van der Waals surface area contributed by atoms with Gasteiger partial charge in [0.05, 0.1) is 31.0 Å². The zero-order valence-corrected chi connectivity index (χ0v) is 19.5. The quantitative estimate of drug-likeness (QED) is 0.419. The van der Waals surface area contributed by atoms with Gasteiger partial charge >= 0.3 is 6.18 Å². The summed E-state index contributed by atoms with van der Waals surface area (Å²) in [7, 11) is 2.77. The third-order valence-corrected chi connectivity index (χ3v) is 6.76. The number of nitrogens with zero attached hydrogens (tertiary/aromatic N) is 2. The van der Waals surface area contributed by atoms with Crippen molar-refractivity contribution in [2.24, 2.45) is 0 Å². The molecule has 0 spiro atoms. The second kappa shape index (κ2) is 8.96. The fourth-order valence-electron chi connectivity index (χ4n) is 3.55. The molecule has 4 rings (SSSR count). The van der Waals surface area contributed by atoms with E-state index in [1.165, 1.54) is 37.7 Å². The lowest BCUT2D eigenvalue weighted by Crippen LogP contribution is -2.35. The van der Waals surface area contributed by atoms with Crippen LogP contribution < -0.4 is 20.1 Å². The van der Waals surface area contributed by atoms with Crippen LogP contribution in [-0.4, -0.2) is 36.1 Å². The van der Waals surface area contributed by atoms with Crippen LogP contribution in [0.2, 0.25) is 10.0 Å². The van der Waals surface area contributed by atoms with Gasteiger partial charge in [0.25, 0.3) is 5.91 Å². The standard InChI is InChI=1S/C20H17Cl2F3N4O3S/c1-31-12-7-10(13(32-2)6-9(12)21)27-19(30)17-16(22)18-26-11(14-4-3-5-33-14)8-15(20(23,24)25)29(18)28-17/h3-7,11,15,26H,8H2,1-2H3,(H,27,30)/t11-,15+/m1/s1. The molecule has 0 fully saturated rings. The Kier molecular flexibility index (Phi) is 6.39. The number of ether oxygens (including phenoxy) is 2. The van der Waals surface area contributed by atoms with E-state index in [9.17, 15) is 18.0 Å². The van der Waals surface area contributed by atoms with Crippen molar-refractivity contribution in [2.45, 2.75) is 24.7 Å². The maximum Gasteiger partial charge on any atom is 0.410 e. The predicted molar refractivity (Wildman–Crippen MR) is 120 cm³/mol. The number of fused-ring (bicyclic) bond motifs is 1. The van der Waals surface area contributed by atoms with Crippen LogP contribution in [0.4, 0.5) is 24.7 Å².